The molecule has 2 aromatic carbocycles. The summed E-state index contributed by atoms with van der Waals surface area (Å²) in [7, 11) is 1.60. The van der Waals surface area contributed by atoms with Crippen LogP contribution in [0.1, 0.15) is 18.4 Å². The second kappa shape index (κ2) is 8.66. The number of anilines is 1. The third-order valence-electron chi connectivity index (χ3n) is 5.19. The smallest absolute Gasteiger partial charge is 0.257 e. The maximum atomic E-state index is 12.8. The summed E-state index contributed by atoms with van der Waals surface area (Å²) in [6, 6.07) is 15.2. The first-order valence-electron chi connectivity index (χ1n) is 9.72. The lowest BCUT2D eigenvalue weighted by Crippen LogP contribution is -2.43. The number of carbonyl (C=O) groups excluding carboxylic acids is 1. The van der Waals surface area contributed by atoms with Gasteiger partial charge in [-0.3, -0.25) is 4.79 Å². The van der Waals surface area contributed by atoms with Gasteiger partial charge in [-0.15, -0.1) is 0 Å². The second-order valence-electron chi connectivity index (χ2n) is 7.17. The summed E-state index contributed by atoms with van der Waals surface area (Å²) in [5.74, 6) is 1.14. The average molecular weight is 411 g/mol. The van der Waals surface area contributed by atoms with Gasteiger partial charge in [0.15, 0.2) is 5.82 Å². The van der Waals surface area contributed by atoms with Crippen LogP contribution in [0.4, 0.5) is 5.82 Å². The average Bonchev–Trinajstić information content (AvgIpc) is 2.77. The number of amides is 1. The molecule has 0 radical (unpaired) electrons. The first-order valence-corrected chi connectivity index (χ1v) is 10.1. The zero-order chi connectivity index (χ0) is 20.2. The van der Waals surface area contributed by atoms with Crippen LogP contribution in [-0.2, 0) is 11.3 Å². The van der Waals surface area contributed by atoms with Crippen LogP contribution in [0.5, 0.6) is 5.88 Å². The van der Waals surface area contributed by atoms with Crippen LogP contribution in [0.3, 0.4) is 0 Å². The van der Waals surface area contributed by atoms with Crippen molar-refractivity contribution in [2.45, 2.75) is 19.4 Å². The van der Waals surface area contributed by atoms with Gasteiger partial charge >= 0.3 is 0 Å². The predicted molar refractivity (Wildman–Crippen MR) is 114 cm³/mol. The van der Waals surface area contributed by atoms with E-state index in [0.29, 0.717) is 29.8 Å². The number of piperidine rings is 1. The van der Waals surface area contributed by atoms with Crippen molar-refractivity contribution in [3.05, 3.63) is 59.1 Å². The van der Waals surface area contributed by atoms with Crippen LogP contribution < -0.4 is 15.0 Å². The molecule has 1 saturated heterocycles. The van der Waals surface area contributed by atoms with Crippen LogP contribution in [0.15, 0.2) is 48.5 Å². The highest BCUT2D eigenvalue weighted by Crippen LogP contribution is 2.30. The molecule has 0 saturated carbocycles. The fraction of sp³-hybridized carbons (Fsp3) is 0.318. The predicted octanol–water partition coefficient (Wildman–Crippen LogP) is 3.82. The molecule has 150 valence electrons. The Morgan fingerprint density at radius 3 is 2.62 bits per heavy atom. The molecule has 0 aliphatic carbocycles. The van der Waals surface area contributed by atoms with E-state index in [1.165, 1.54) is 0 Å². The van der Waals surface area contributed by atoms with Crippen LogP contribution in [0.2, 0.25) is 5.02 Å². The number of ether oxygens (including phenoxy) is 1. The number of para-hydroxylation sites is 2. The van der Waals surface area contributed by atoms with Gasteiger partial charge in [-0.2, -0.15) is 0 Å². The molecule has 0 unspecified atom stereocenters. The van der Waals surface area contributed by atoms with Crippen molar-refractivity contribution in [1.29, 1.82) is 0 Å². The van der Waals surface area contributed by atoms with Gasteiger partial charge in [0.1, 0.15) is 0 Å². The first-order chi connectivity index (χ1) is 14.1. The number of aromatic nitrogens is 2. The molecule has 1 aliphatic rings. The van der Waals surface area contributed by atoms with Gasteiger partial charge in [-0.25, -0.2) is 9.97 Å². The Balaban J connectivity index is 1.47. The molecular formula is C22H23ClN4O2. The van der Waals surface area contributed by atoms with Crippen molar-refractivity contribution in [2.24, 2.45) is 5.92 Å². The third kappa shape index (κ3) is 4.43. The standard InChI is InChI=1S/C22H23ClN4O2/c1-29-22-20(25-18-6-2-3-7-19(18)26-22)27-12-4-5-16(14-27)21(28)24-13-15-8-10-17(23)11-9-15/h2-3,6-11,16H,4-5,12-14H2,1H3,(H,24,28)/t16-/m0/s1. The molecule has 6 nitrogen and oxygen atoms in total. The zero-order valence-corrected chi connectivity index (χ0v) is 17.0. The van der Waals surface area contributed by atoms with Crippen molar-refractivity contribution >= 4 is 34.4 Å². The molecule has 1 N–H and O–H groups in total. The Kier molecular flexibility index (Phi) is 5.81. The molecule has 1 atom stereocenters. The molecular weight excluding hydrogens is 388 g/mol. The van der Waals surface area contributed by atoms with E-state index < -0.39 is 0 Å². The molecule has 1 aromatic heterocycles. The number of carbonyl (C=O) groups is 1. The van der Waals surface area contributed by atoms with Crippen molar-refractivity contribution < 1.29 is 9.53 Å². The Morgan fingerprint density at radius 1 is 1.17 bits per heavy atom. The quantitative estimate of drug-likeness (QED) is 0.692. The van der Waals surface area contributed by atoms with E-state index in [-0.39, 0.29) is 11.8 Å². The number of benzene rings is 2. The van der Waals surface area contributed by atoms with Gasteiger partial charge in [0, 0.05) is 24.7 Å². The monoisotopic (exact) mass is 410 g/mol. The van der Waals surface area contributed by atoms with Gasteiger partial charge < -0.3 is 15.0 Å². The van der Waals surface area contributed by atoms with Gasteiger partial charge in [0.05, 0.1) is 24.1 Å². The summed E-state index contributed by atoms with van der Waals surface area (Å²) in [6.45, 7) is 1.91. The maximum Gasteiger partial charge on any atom is 0.257 e. The van der Waals surface area contributed by atoms with Crippen LogP contribution in [-0.4, -0.2) is 36.1 Å². The molecule has 1 aliphatic heterocycles. The molecule has 4 rings (SSSR count). The lowest BCUT2D eigenvalue weighted by atomic mass is 9.97. The van der Waals surface area contributed by atoms with Crippen molar-refractivity contribution in [3.63, 3.8) is 0 Å². The summed E-state index contributed by atoms with van der Waals surface area (Å²) < 4.78 is 5.49. The van der Waals surface area contributed by atoms with Crippen molar-refractivity contribution in [2.75, 3.05) is 25.1 Å². The lowest BCUT2D eigenvalue weighted by Gasteiger charge is -2.33. The van der Waals surface area contributed by atoms with Gasteiger partial charge in [-0.1, -0.05) is 35.9 Å². The number of halogens is 1. The minimum absolute atomic E-state index is 0.0531. The summed E-state index contributed by atoms with van der Waals surface area (Å²) in [5.41, 5.74) is 2.64. The third-order valence-corrected chi connectivity index (χ3v) is 5.44. The molecule has 2 heterocycles. The number of methoxy groups -OCH3 is 1. The minimum atomic E-state index is -0.103. The number of nitrogens with one attached hydrogen (secondary N) is 1. The highest BCUT2D eigenvalue weighted by Gasteiger charge is 2.28. The zero-order valence-electron chi connectivity index (χ0n) is 16.3. The van der Waals surface area contributed by atoms with Crippen LogP contribution in [0, 0.1) is 5.92 Å². The SMILES string of the molecule is COc1nc2ccccc2nc1N1CCC[C@H](C(=O)NCc2ccc(Cl)cc2)C1. The Morgan fingerprint density at radius 2 is 1.90 bits per heavy atom. The molecule has 7 heteroatoms. The molecule has 0 bridgehead atoms. The summed E-state index contributed by atoms with van der Waals surface area (Å²) in [5, 5.41) is 3.73. The van der Waals surface area contributed by atoms with Gasteiger partial charge in [-0.05, 0) is 42.7 Å². The van der Waals surface area contributed by atoms with E-state index >= 15 is 0 Å². The normalized spacial score (nSPS) is 16.6. The number of nitrogens with zero attached hydrogens (tertiary/aromatic N) is 3. The van der Waals surface area contributed by atoms with Crippen LogP contribution >= 0.6 is 11.6 Å². The van der Waals surface area contributed by atoms with Gasteiger partial charge in [0.25, 0.3) is 5.88 Å². The van der Waals surface area contributed by atoms with Crippen LogP contribution in [0.25, 0.3) is 11.0 Å². The van der Waals surface area contributed by atoms with E-state index in [0.717, 1.165) is 36.0 Å². The highest BCUT2D eigenvalue weighted by atomic mass is 35.5. The van der Waals surface area contributed by atoms with E-state index in [9.17, 15) is 4.79 Å². The number of hydrogen-bond donors (Lipinski definition) is 1. The molecule has 1 fully saturated rings. The molecule has 0 spiro atoms. The molecule has 29 heavy (non-hydrogen) atoms. The maximum absolute atomic E-state index is 12.8. The van der Waals surface area contributed by atoms with E-state index in [4.69, 9.17) is 21.3 Å². The van der Waals surface area contributed by atoms with E-state index in [1.54, 1.807) is 7.11 Å². The van der Waals surface area contributed by atoms with Crippen molar-refractivity contribution in [1.82, 2.24) is 15.3 Å². The number of hydrogen-bond acceptors (Lipinski definition) is 5. The Hall–Kier alpha value is -2.86. The van der Waals surface area contributed by atoms with E-state index in [1.807, 2.05) is 48.5 Å². The Labute approximate surface area is 174 Å². The number of rotatable bonds is 5. The molecule has 1 amide bonds. The largest absolute Gasteiger partial charge is 0.478 e. The summed E-state index contributed by atoms with van der Waals surface area (Å²) in [6.07, 6.45) is 1.77. The fourth-order valence-electron chi connectivity index (χ4n) is 3.64. The van der Waals surface area contributed by atoms with E-state index in [2.05, 4.69) is 15.2 Å². The molecule has 3 aromatic rings. The van der Waals surface area contributed by atoms with Gasteiger partial charge in [0.2, 0.25) is 5.91 Å². The number of fused-ring (bicyclic) bond motifs is 1. The fourth-order valence-corrected chi connectivity index (χ4v) is 3.76. The minimum Gasteiger partial charge on any atom is -0.478 e. The highest BCUT2D eigenvalue weighted by molar-refractivity contribution is 6.30. The summed E-state index contributed by atoms with van der Waals surface area (Å²) in [4.78, 5) is 24.2. The van der Waals surface area contributed by atoms with Crippen molar-refractivity contribution in [3.8, 4) is 5.88 Å². The summed E-state index contributed by atoms with van der Waals surface area (Å²) >= 11 is 5.92. The topological polar surface area (TPSA) is 67.4 Å². The lowest BCUT2D eigenvalue weighted by molar-refractivity contribution is -0.125. The first kappa shape index (κ1) is 19.5. The second-order valence-corrected chi connectivity index (χ2v) is 7.61. The Bertz CT molecular complexity index is 1010.